The molecule has 176 valence electrons. The number of halogens is 2. The molecule has 0 saturated carbocycles. The summed E-state index contributed by atoms with van der Waals surface area (Å²) >= 11 is 6.14. The van der Waals surface area contributed by atoms with Crippen LogP contribution in [-0.4, -0.2) is 11.7 Å². The van der Waals surface area contributed by atoms with Crippen molar-refractivity contribution >= 4 is 29.0 Å². The maximum atomic E-state index is 13.6. The zero-order valence-corrected chi connectivity index (χ0v) is 19.9. The Morgan fingerprint density at radius 2 is 1.63 bits per heavy atom. The number of ketones is 1. The number of allylic oxidation sites excluding steroid dienone is 3. The van der Waals surface area contributed by atoms with Crippen molar-refractivity contribution in [1.29, 1.82) is 0 Å². The SMILES string of the molecule is CC1=C(C(=O)Nc2ccc(F)cc2)[C@H](c2ccc(Cl)cc2)C2=C(C[C@H](c3ccccc3)CC2=O)N1. The van der Waals surface area contributed by atoms with E-state index >= 15 is 0 Å². The van der Waals surface area contributed by atoms with E-state index < -0.39 is 5.92 Å². The third kappa shape index (κ3) is 4.64. The maximum absolute atomic E-state index is 13.6. The summed E-state index contributed by atoms with van der Waals surface area (Å²) in [5.41, 5.74) is 5.04. The van der Waals surface area contributed by atoms with Gasteiger partial charge >= 0.3 is 0 Å². The highest BCUT2D eigenvalue weighted by molar-refractivity contribution is 6.30. The first kappa shape index (κ1) is 23.1. The Kier molecular flexibility index (Phi) is 6.27. The second kappa shape index (κ2) is 9.51. The van der Waals surface area contributed by atoms with E-state index in [1.807, 2.05) is 49.4 Å². The summed E-state index contributed by atoms with van der Waals surface area (Å²) in [6, 6.07) is 22.9. The van der Waals surface area contributed by atoms with Gasteiger partial charge in [0, 0.05) is 45.6 Å². The molecular formula is C29H24ClFN2O2. The van der Waals surface area contributed by atoms with Crippen molar-refractivity contribution in [3.63, 3.8) is 0 Å². The molecule has 2 atom stereocenters. The fourth-order valence-corrected chi connectivity index (χ4v) is 5.15. The van der Waals surface area contributed by atoms with Gasteiger partial charge in [-0.2, -0.15) is 0 Å². The number of nitrogens with one attached hydrogen (secondary N) is 2. The first-order valence-electron chi connectivity index (χ1n) is 11.5. The highest BCUT2D eigenvalue weighted by Gasteiger charge is 2.40. The summed E-state index contributed by atoms with van der Waals surface area (Å²) in [5.74, 6) is -1.16. The number of hydrogen-bond acceptors (Lipinski definition) is 3. The van der Waals surface area contributed by atoms with Gasteiger partial charge < -0.3 is 10.6 Å². The molecule has 0 saturated heterocycles. The molecule has 1 amide bonds. The van der Waals surface area contributed by atoms with Gasteiger partial charge in [0.05, 0.1) is 0 Å². The predicted molar refractivity (Wildman–Crippen MR) is 136 cm³/mol. The Hall–Kier alpha value is -3.70. The van der Waals surface area contributed by atoms with Crippen molar-refractivity contribution in [2.75, 3.05) is 5.32 Å². The van der Waals surface area contributed by atoms with Gasteiger partial charge in [0.2, 0.25) is 0 Å². The van der Waals surface area contributed by atoms with E-state index in [0.717, 1.165) is 16.8 Å². The first-order valence-corrected chi connectivity index (χ1v) is 11.9. The monoisotopic (exact) mass is 486 g/mol. The second-order valence-electron chi connectivity index (χ2n) is 8.94. The molecular weight excluding hydrogens is 463 g/mol. The van der Waals surface area contributed by atoms with Crippen LogP contribution in [0.2, 0.25) is 5.02 Å². The summed E-state index contributed by atoms with van der Waals surface area (Å²) in [7, 11) is 0. The second-order valence-corrected chi connectivity index (χ2v) is 9.38. The van der Waals surface area contributed by atoms with Gasteiger partial charge in [0.1, 0.15) is 5.82 Å². The average Bonchev–Trinajstić information content (AvgIpc) is 2.85. The van der Waals surface area contributed by atoms with Crippen molar-refractivity contribution in [2.24, 2.45) is 0 Å². The normalized spacial score (nSPS) is 19.8. The number of dihydropyridines is 1. The molecule has 6 heteroatoms. The summed E-state index contributed by atoms with van der Waals surface area (Å²) in [6.07, 6.45) is 1.06. The zero-order valence-electron chi connectivity index (χ0n) is 19.1. The molecule has 2 aliphatic rings. The highest BCUT2D eigenvalue weighted by atomic mass is 35.5. The van der Waals surface area contributed by atoms with Gasteiger partial charge in [-0.25, -0.2) is 4.39 Å². The number of amides is 1. The van der Waals surface area contributed by atoms with Crippen molar-refractivity contribution < 1.29 is 14.0 Å². The first-order chi connectivity index (χ1) is 16.9. The minimum absolute atomic E-state index is 0.0205. The summed E-state index contributed by atoms with van der Waals surface area (Å²) in [5, 5.41) is 6.82. The molecule has 1 aliphatic carbocycles. The van der Waals surface area contributed by atoms with Crippen LogP contribution in [0.25, 0.3) is 0 Å². The molecule has 2 N–H and O–H groups in total. The van der Waals surface area contributed by atoms with E-state index in [-0.39, 0.29) is 23.4 Å². The topological polar surface area (TPSA) is 58.2 Å². The van der Waals surface area contributed by atoms with Crippen LogP contribution in [0.3, 0.4) is 0 Å². The minimum Gasteiger partial charge on any atom is -0.362 e. The number of carbonyl (C=O) groups excluding carboxylic acids is 2. The summed E-state index contributed by atoms with van der Waals surface area (Å²) < 4.78 is 13.4. The van der Waals surface area contributed by atoms with E-state index in [9.17, 15) is 14.0 Å². The number of benzene rings is 3. The smallest absolute Gasteiger partial charge is 0.254 e. The van der Waals surface area contributed by atoms with Crippen LogP contribution in [0.15, 0.2) is 101 Å². The van der Waals surface area contributed by atoms with Crippen LogP contribution >= 0.6 is 11.6 Å². The lowest BCUT2D eigenvalue weighted by Crippen LogP contribution is -2.37. The largest absolute Gasteiger partial charge is 0.362 e. The van der Waals surface area contributed by atoms with Crippen LogP contribution in [0.4, 0.5) is 10.1 Å². The molecule has 0 radical (unpaired) electrons. The molecule has 0 unspecified atom stereocenters. The van der Waals surface area contributed by atoms with Crippen LogP contribution in [0.1, 0.15) is 42.7 Å². The van der Waals surface area contributed by atoms with Gasteiger partial charge in [-0.05, 0) is 66.8 Å². The van der Waals surface area contributed by atoms with Crippen LogP contribution in [-0.2, 0) is 9.59 Å². The molecule has 0 aromatic heterocycles. The van der Waals surface area contributed by atoms with Crippen molar-refractivity contribution in [3.8, 4) is 0 Å². The van der Waals surface area contributed by atoms with E-state index in [1.54, 1.807) is 12.1 Å². The van der Waals surface area contributed by atoms with E-state index in [1.165, 1.54) is 24.3 Å². The maximum Gasteiger partial charge on any atom is 0.254 e. The van der Waals surface area contributed by atoms with E-state index in [4.69, 9.17) is 11.6 Å². The van der Waals surface area contributed by atoms with E-state index in [2.05, 4.69) is 10.6 Å². The molecule has 4 nitrogen and oxygen atoms in total. The van der Waals surface area contributed by atoms with Crippen LogP contribution < -0.4 is 10.6 Å². The molecule has 5 rings (SSSR count). The summed E-state index contributed by atoms with van der Waals surface area (Å²) in [4.78, 5) is 27.1. The van der Waals surface area contributed by atoms with Gasteiger partial charge in [-0.3, -0.25) is 9.59 Å². The predicted octanol–water partition coefficient (Wildman–Crippen LogP) is 6.48. The van der Waals surface area contributed by atoms with Gasteiger partial charge in [-0.1, -0.05) is 54.1 Å². The molecule has 1 aliphatic heterocycles. The lowest BCUT2D eigenvalue weighted by atomic mass is 9.71. The number of hydrogen-bond donors (Lipinski definition) is 2. The highest BCUT2D eigenvalue weighted by Crippen LogP contribution is 2.45. The molecule has 1 heterocycles. The number of rotatable bonds is 4. The van der Waals surface area contributed by atoms with Crippen LogP contribution in [0, 0.1) is 5.82 Å². The number of carbonyl (C=O) groups is 2. The molecule has 0 bridgehead atoms. The number of anilines is 1. The van der Waals surface area contributed by atoms with Crippen molar-refractivity contribution in [3.05, 3.63) is 123 Å². The average molecular weight is 487 g/mol. The summed E-state index contributed by atoms with van der Waals surface area (Å²) in [6.45, 7) is 1.85. The quantitative estimate of drug-likeness (QED) is 0.443. The Morgan fingerprint density at radius 1 is 0.943 bits per heavy atom. The lowest BCUT2D eigenvalue weighted by Gasteiger charge is -2.37. The molecule has 0 fully saturated rings. The van der Waals surface area contributed by atoms with Crippen molar-refractivity contribution in [2.45, 2.75) is 31.6 Å². The fourth-order valence-electron chi connectivity index (χ4n) is 5.02. The minimum atomic E-state index is -0.534. The Labute approximate surface area is 208 Å². The van der Waals surface area contributed by atoms with E-state index in [0.29, 0.717) is 40.4 Å². The molecule has 3 aromatic carbocycles. The standard InChI is InChI=1S/C29H24ClFN2O2/c1-17-26(29(35)33-23-13-11-22(31)12-14-23)27(19-7-9-21(30)10-8-19)28-24(32-17)15-20(16-25(28)34)18-5-3-2-4-6-18/h2-14,20,27,32H,15-16H2,1H3,(H,33,35)/t20-,27-/m0/s1. The molecule has 0 spiro atoms. The zero-order chi connectivity index (χ0) is 24.5. The lowest BCUT2D eigenvalue weighted by molar-refractivity contribution is -0.116. The number of Topliss-reactive ketones (excluding diaryl/α,β-unsaturated/α-hetero) is 1. The molecule has 35 heavy (non-hydrogen) atoms. The van der Waals surface area contributed by atoms with Crippen molar-refractivity contribution in [1.82, 2.24) is 5.32 Å². The molecule has 3 aromatic rings. The van der Waals surface area contributed by atoms with Crippen LogP contribution in [0.5, 0.6) is 0 Å². The third-order valence-corrected chi connectivity index (χ3v) is 6.90. The van der Waals surface area contributed by atoms with Gasteiger partial charge in [0.15, 0.2) is 5.78 Å². The Morgan fingerprint density at radius 3 is 2.31 bits per heavy atom. The van der Waals surface area contributed by atoms with Gasteiger partial charge in [-0.15, -0.1) is 0 Å². The Balaban J connectivity index is 1.55. The van der Waals surface area contributed by atoms with Gasteiger partial charge in [0.25, 0.3) is 5.91 Å². The fraction of sp³-hybridized carbons (Fsp3) is 0.172. The third-order valence-electron chi connectivity index (χ3n) is 6.65. The Bertz CT molecular complexity index is 1350.